The van der Waals surface area contributed by atoms with Gasteiger partial charge >= 0.3 is 0 Å². The number of carbonyl (C=O) groups excluding carboxylic acids is 1. The first-order valence-electron chi connectivity index (χ1n) is 8.98. The first-order chi connectivity index (χ1) is 13.3. The van der Waals surface area contributed by atoms with Gasteiger partial charge in [-0.3, -0.25) is 14.2 Å². The summed E-state index contributed by atoms with van der Waals surface area (Å²) in [5.41, 5.74) is 0.876. The molecular formula is C19H23N5O2S2. The van der Waals surface area contributed by atoms with Crippen LogP contribution < -0.4 is 5.56 Å². The highest BCUT2D eigenvalue weighted by Crippen LogP contribution is 2.29. The van der Waals surface area contributed by atoms with Crippen LogP contribution in [0.4, 0.5) is 0 Å². The largest absolute Gasteiger partial charge is 0.340 e. The molecule has 0 spiro atoms. The summed E-state index contributed by atoms with van der Waals surface area (Å²) in [6.07, 6.45) is 0.437. The monoisotopic (exact) mass is 417 g/mol. The predicted molar refractivity (Wildman–Crippen MR) is 112 cm³/mol. The van der Waals surface area contributed by atoms with Crippen molar-refractivity contribution in [3.05, 3.63) is 20.8 Å². The summed E-state index contributed by atoms with van der Waals surface area (Å²) < 4.78 is 1.63. The number of aryl methyl sites for hydroxylation is 2. The zero-order chi connectivity index (χ0) is 20.8. The van der Waals surface area contributed by atoms with Crippen LogP contribution in [0.15, 0.2) is 9.95 Å². The fraction of sp³-hybridized carbons (Fsp3) is 0.526. The van der Waals surface area contributed by atoms with E-state index in [1.807, 2.05) is 39.8 Å². The zero-order valence-electron chi connectivity index (χ0n) is 16.5. The van der Waals surface area contributed by atoms with Gasteiger partial charge in [-0.25, -0.2) is 4.98 Å². The van der Waals surface area contributed by atoms with Gasteiger partial charge in [-0.15, -0.1) is 11.3 Å². The van der Waals surface area contributed by atoms with Gasteiger partial charge in [0.05, 0.1) is 36.1 Å². The molecule has 28 heavy (non-hydrogen) atoms. The van der Waals surface area contributed by atoms with E-state index in [1.165, 1.54) is 28.0 Å². The van der Waals surface area contributed by atoms with Gasteiger partial charge in [0.2, 0.25) is 5.91 Å². The average molecular weight is 418 g/mol. The number of fused-ring (bicyclic) bond motifs is 1. The highest BCUT2D eigenvalue weighted by Gasteiger charge is 2.20. The lowest BCUT2D eigenvalue weighted by molar-refractivity contribution is -0.128. The molecule has 0 fully saturated rings. The molecule has 0 N–H and O–H groups in total. The van der Waals surface area contributed by atoms with E-state index in [-0.39, 0.29) is 36.1 Å². The van der Waals surface area contributed by atoms with Gasteiger partial charge in [0.25, 0.3) is 5.56 Å². The highest BCUT2D eigenvalue weighted by molar-refractivity contribution is 7.99. The Morgan fingerprint density at radius 1 is 1.25 bits per heavy atom. The van der Waals surface area contributed by atoms with Crippen molar-refractivity contribution in [3.63, 3.8) is 0 Å². The van der Waals surface area contributed by atoms with Crippen LogP contribution in [0.1, 0.15) is 43.2 Å². The van der Waals surface area contributed by atoms with Crippen molar-refractivity contribution >= 4 is 39.2 Å². The molecule has 0 aliphatic heterocycles. The fourth-order valence-electron chi connectivity index (χ4n) is 2.79. The zero-order valence-corrected chi connectivity index (χ0v) is 18.1. The van der Waals surface area contributed by atoms with Crippen molar-refractivity contribution < 1.29 is 4.79 Å². The molecule has 2 heterocycles. The normalized spacial score (nSPS) is 10.8. The molecule has 0 bridgehead atoms. The molecule has 0 saturated heterocycles. The number of thioether (sulfide) groups is 1. The van der Waals surface area contributed by atoms with Crippen LogP contribution in [-0.2, 0) is 4.79 Å². The van der Waals surface area contributed by atoms with Gasteiger partial charge in [0, 0.05) is 24.0 Å². The summed E-state index contributed by atoms with van der Waals surface area (Å²) in [5.74, 6) is -0.0658. The summed E-state index contributed by atoms with van der Waals surface area (Å²) in [7, 11) is 0. The number of nitrogens with zero attached hydrogens (tertiary/aromatic N) is 5. The molecule has 1 amide bonds. The molecule has 7 nitrogen and oxygen atoms in total. The Balaban J connectivity index is 2.31. The Kier molecular flexibility index (Phi) is 7.61. The van der Waals surface area contributed by atoms with Crippen LogP contribution in [0.2, 0.25) is 0 Å². The lowest BCUT2D eigenvalue weighted by Gasteiger charge is -2.21. The van der Waals surface area contributed by atoms with E-state index in [4.69, 9.17) is 10.5 Å². The molecule has 0 saturated carbocycles. The molecular weight excluding hydrogens is 394 g/mol. The van der Waals surface area contributed by atoms with E-state index < -0.39 is 0 Å². The maximum absolute atomic E-state index is 13.0. The summed E-state index contributed by atoms with van der Waals surface area (Å²) in [5, 5.41) is 18.7. The molecule has 2 rings (SSSR count). The van der Waals surface area contributed by atoms with Crippen LogP contribution in [0.3, 0.4) is 0 Å². The first kappa shape index (κ1) is 21.9. The predicted octanol–water partition coefficient (Wildman–Crippen LogP) is 3.40. The van der Waals surface area contributed by atoms with Gasteiger partial charge in [-0.05, 0) is 33.3 Å². The molecule has 2 aromatic heterocycles. The molecule has 0 unspecified atom stereocenters. The number of aromatic nitrogens is 2. The second kappa shape index (κ2) is 9.72. The van der Waals surface area contributed by atoms with Crippen LogP contribution in [0.5, 0.6) is 0 Å². The van der Waals surface area contributed by atoms with Crippen LogP contribution in [-0.4, -0.2) is 39.2 Å². The smallest absolute Gasteiger partial charge is 0.263 e. The molecule has 148 valence electrons. The number of hydrogen-bond acceptors (Lipinski definition) is 7. The van der Waals surface area contributed by atoms with Gasteiger partial charge < -0.3 is 4.90 Å². The van der Waals surface area contributed by atoms with Crippen molar-refractivity contribution in [3.8, 4) is 12.1 Å². The Bertz CT molecular complexity index is 992. The van der Waals surface area contributed by atoms with Gasteiger partial charge in [0.1, 0.15) is 4.83 Å². The molecule has 9 heteroatoms. The topological polar surface area (TPSA) is 103 Å². The second-order valence-corrected chi connectivity index (χ2v) is 8.76. The van der Waals surface area contributed by atoms with Crippen LogP contribution in [0.25, 0.3) is 10.2 Å². The summed E-state index contributed by atoms with van der Waals surface area (Å²) >= 11 is 2.71. The molecule has 2 aromatic rings. The number of amides is 1. The lowest BCUT2D eigenvalue weighted by Crippen LogP contribution is -2.34. The Hall–Kier alpha value is -2.36. The molecule has 0 aliphatic rings. The van der Waals surface area contributed by atoms with E-state index in [1.54, 1.807) is 4.57 Å². The third-order valence-corrected chi connectivity index (χ3v) is 6.42. The minimum atomic E-state index is -0.168. The lowest BCUT2D eigenvalue weighted by atomic mass is 10.2. The second-order valence-electron chi connectivity index (χ2n) is 6.61. The number of carbonyl (C=O) groups is 1. The number of rotatable bonds is 8. The van der Waals surface area contributed by atoms with Gasteiger partial charge in [-0.2, -0.15) is 10.5 Å². The summed E-state index contributed by atoms with van der Waals surface area (Å²) in [6.45, 7) is 8.33. The number of thiophene rings is 1. The SMILES string of the molecule is Cc1sc2nc(SCC(=O)N(CCC#N)CCC#N)n(C(C)C)c(=O)c2c1C. The molecule has 0 aliphatic carbocycles. The Morgan fingerprint density at radius 3 is 2.39 bits per heavy atom. The van der Waals surface area contributed by atoms with Crippen molar-refractivity contribution in [2.24, 2.45) is 0 Å². The minimum Gasteiger partial charge on any atom is -0.340 e. The molecule has 0 atom stereocenters. The standard InChI is InChI=1S/C19H23N5O2S2/c1-12(2)24-18(26)16-13(3)14(4)28-17(16)22-19(24)27-11-15(25)23(9-5-7-20)10-6-8-21/h12H,5-6,9-11H2,1-4H3. The van der Waals surface area contributed by atoms with E-state index in [2.05, 4.69) is 4.98 Å². The third-order valence-electron chi connectivity index (χ3n) is 4.38. The fourth-order valence-corrected chi connectivity index (χ4v) is 4.89. The number of hydrogen-bond donors (Lipinski definition) is 0. The van der Waals surface area contributed by atoms with Gasteiger partial charge in [-0.1, -0.05) is 11.8 Å². The van der Waals surface area contributed by atoms with E-state index in [0.29, 0.717) is 28.5 Å². The summed E-state index contributed by atoms with van der Waals surface area (Å²) in [4.78, 5) is 33.6. The summed E-state index contributed by atoms with van der Waals surface area (Å²) in [6, 6.07) is 3.96. The van der Waals surface area contributed by atoms with Crippen molar-refractivity contribution in [1.29, 1.82) is 10.5 Å². The maximum atomic E-state index is 13.0. The molecule has 0 aromatic carbocycles. The Labute approximate surface area is 172 Å². The Morgan fingerprint density at radius 2 is 1.86 bits per heavy atom. The van der Waals surface area contributed by atoms with Crippen LogP contribution >= 0.6 is 23.1 Å². The third kappa shape index (κ3) is 4.73. The quantitative estimate of drug-likeness (QED) is 0.482. The first-order valence-corrected chi connectivity index (χ1v) is 10.8. The van der Waals surface area contributed by atoms with E-state index in [0.717, 1.165) is 10.4 Å². The van der Waals surface area contributed by atoms with Gasteiger partial charge in [0.15, 0.2) is 5.16 Å². The van der Waals surface area contributed by atoms with E-state index in [9.17, 15) is 9.59 Å². The van der Waals surface area contributed by atoms with E-state index >= 15 is 0 Å². The van der Waals surface area contributed by atoms with Crippen LogP contribution in [0, 0.1) is 36.5 Å². The highest BCUT2D eigenvalue weighted by atomic mass is 32.2. The number of nitriles is 2. The average Bonchev–Trinajstić information content (AvgIpc) is 2.93. The van der Waals surface area contributed by atoms with Crippen molar-refractivity contribution in [2.45, 2.75) is 51.7 Å². The van der Waals surface area contributed by atoms with Crippen molar-refractivity contribution in [1.82, 2.24) is 14.5 Å². The maximum Gasteiger partial charge on any atom is 0.263 e. The van der Waals surface area contributed by atoms with Crippen molar-refractivity contribution in [2.75, 3.05) is 18.8 Å². The molecule has 0 radical (unpaired) electrons. The minimum absolute atomic E-state index is 0.0809.